The number of hydrogen-bond donors (Lipinski definition) is 1. The van der Waals surface area contributed by atoms with Crippen molar-refractivity contribution in [3.8, 4) is 17.2 Å². The molecule has 2 aromatic carbocycles. The van der Waals surface area contributed by atoms with E-state index in [2.05, 4.69) is 6.07 Å². The third-order valence-corrected chi connectivity index (χ3v) is 3.66. The zero-order valence-electron chi connectivity index (χ0n) is 13.1. The van der Waals surface area contributed by atoms with E-state index in [0.29, 0.717) is 13.2 Å². The Morgan fingerprint density at radius 1 is 0.864 bits per heavy atom. The van der Waals surface area contributed by atoms with Crippen molar-refractivity contribution in [3.63, 3.8) is 0 Å². The Morgan fingerprint density at radius 2 is 1.45 bits per heavy atom. The highest BCUT2D eigenvalue weighted by atomic mass is 16.5. The molecule has 0 aliphatic carbocycles. The third-order valence-electron chi connectivity index (χ3n) is 3.66. The second-order valence-electron chi connectivity index (χ2n) is 4.96. The molecule has 0 radical (unpaired) electrons. The Labute approximate surface area is 131 Å². The van der Waals surface area contributed by atoms with Gasteiger partial charge < -0.3 is 19.9 Å². The Balaban J connectivity index is 1.99. The number of rotatable bonds is 8. The first-order chi connectivity index (χ1) is 10.8. The molecule has 0 saturated heterocycles. The maximum atomic E-state index is 5.93. The van der Waals surface area contributed by atoms with Crippen molar-refractivity contribution >= 4 is 0 Å². The summed E-state index contributed by atoms with van der Waals surface area (Å²) in [6, 6.07) is 15.6. The monoisotopic (exact) mass is 301 g/mol. The molecule has 0 aliphatic rings. The minimum absolute atomic E-state index is 0.200. The highest BCUT2D eigenvalue weighted by Crippen LogP contribution is 2.30. The average molecular weight is 301 g/mol. The maximum Gasteiger partial charge on any atom is 0.161 e. The van der Waals surface area contributed by atoms with Gasteiger partial charge in [-0.25, -0.2) is 0 Å². The number of hydrogen-bond acceptors (Lipinski definition) is 4. The standard InChI is InChI=1S/C18H23NO3/c1-20-16-8-4-3-7-15(16)14(13-19)11-12-22-18-10-6-5-9-17(18)21-2/h3-10,14H,11-13,19H2,1-2H3. The SMILES string of the molecule is COc1ccccc1OCCC(CN)c1ccccc1OC. The highest BCUT2D eigenvalue weighted by molar-refractivity contribution is 5.39. The number of nitrogens with two attached hydrogens (primary N) is 1. The van der Waals surface area contributed by atoms with Crippen molar-refractivity contribution in [1.29, 1.82) is 0 Å². The first-order valence-electron chi connectivity index (χ1n) is 7.39. The molecule has 0 fully saturated rings. The zero-order valence-corrected chi connectivity index (χ0v) is 13.1. The molecule has 4 nitrogen and oxygen atoms in total. The average Bonchev–Trinajstić information content (AvgIpc) is 2.59. The molecule has 2 rings (SSSR count). The van der Waals surface area contributed by atoms with Crippen LogP contribution in [0.5, 0.6) is 17.2 Å². The van der Waals surface area contributed by atoms with E-state index in [1.807, 2.05) is 42.5 Å². The molecule has 1 atom stereocenters. The van der Waals surface area contributed by atoms with Crippen LogP contribution in [0, 0.1) is 0 Å². The van der Waals surface area contributed by atoms with Crippen molar-refractivity contribution in [1.82, 2.24) is 0 Å². The lowest BCUT2D eigenvalue weighted by atomic mass is 9.95. The molecule has 4 heteroatoms. The molecule has 0 aliphatic heterocycles. The van der Waals surface area contributed by atoms with Gasteiger partial charge in [0, 0.05) is 5.92 Å². The summed E-state index contributed by atoms with van der Waals surface area (Å²) in [6.45, 7) is 1.12. The molecule has 0 heterocycles. The molecule has 1 unspecified atom stereocenters. The summed E-state index contributed by atoms with van der Waals surface area (Å²) in [5.74, 6) is 2.56. The summed E-state index contributed by atoms with van der Waals surface area (Å²) in [6.07, 6.45) is 0.814. The Hall–Kier alpha value is -2.20. The largest absolute Gasteiger partial charge is 0.496 e. The third kappa shape index (κ3) is 3.92. The van der Waals surface area contributed by atoms with Gasteiger partial charge in [-0.3, -0.25) is 0 Å². The Kier molecular flexibility index (Phi) is 6.10. The van der Waals surface area contributed by atoms with Gasteiger partial charge in [-0.05, 0) is 36.7 Å². The minimum Gasteiger partial charge on any atom is -0.496 e. The van der Waals surface area contributed by atoms with Crippen LogP contribution >= 0.6 is 0 Å². The van der Waals surface area contributed by atoms with Gasteiger partial charge in [0.15, 0.2) is 11.5 Å². The van der Waals surface area contributed by atoms with Crippen molar-refractivity contribution in [2.75, 3.05) is 27.4 Å². The molecule has 0 amide bonds. The summed E-state index contributed by atoms with van der Waals surface area (Å²) in [7, 11) is 3.32. The van der Waals surface area contributed by atoms with E-state index < -0.39 is 0 Å². The second kappa shape index (κ2) is 8.29. The minimum atomic E-state index is 0.200. The molecule has 0 saturated carbocycles. The first kappa shape index (κ1) is 16.2. The van der Waals surface area contributed by atoms with Crippen LogP contribution in [0.1, 0.15) is 17.9 Å². The molecule has 2 N–H and O–H groups in total. The van der Waals surface area contributed by atoms with Gasteiger partial charge in [0.2, 0.25) is 0 Å². The van der Waals surface area contributed by atoms with Gasteiger partial charge in [-0.15, -0.1) is 0 Å². The fraction of sp³-hybridized carbons (Fsp3) is 0.333. The van der Waals surface area contributed by atoms with E-state index in [9.17, 15) is 0 Å². The van der Waals surface area contributed by atoms with E-state index in [-0.39, 0.29) is 5.92 Å². The molecular formula is C18H23NO3. The molecule has 22 heavy (non-hydrogen) atoms. The van der Waals surface area contributed by atoms with E-state index in [1.54, 1.807) is 14.2 Å². The summed E-state index contributed by atoms with van der Waals surface area (Å²) in [5.41, 5.74) is 7.05. The topological polar surface area (TPSA) is 53.7 Å². The second-order valence-corrected chi connectivity index (χ2v) is 4.96. The van der Waals surface area contributed by atoms with E-state index in [1.165, 1.54) is 0 Å². The molecule has 118 valence electrons. The Morgan fingerprint density at radius 3 is 2.09 bits per heavy atom. The van der Waals surface area contributed by atoms with Crippen LogP contribution in [-0.2, 0) is 0 Å². The van der Waals surface area contributed by atoms with Crippen LogP contribution in [-0.4, -0.2) is 27.4 Å². The van der Waals surface area contributed by atoms with Crippen LogP contribution in [0.15, 0.2) is 48.5 Å². The fourth-order valence-corrected chi connectivity index (χ4v) is 2.45. The molecule has 0 aromatic heterocycles. The highest BCUT2D eigenvalue weighted by Gasteiger charge is 2.15. The van der Waals surface area contributed by atoms with Crippen molar-refractivity contribution in [2.45, 2.75) is 12.3 Å². The van der Waals surface area contributed by atoms with Crippen LogP contribution in [0.3, 0.4) is 0 Å². The van der Waals surface area contributed by atoms with Gasteiger partial charge >= 0.3 is 0 Å². The fourth-order valence-electron chi connectivity index (χ4n) is 2.45. The lowest BCUT2D eigenvalue weighted by Crippen LogP contribution is -2.16. The van der Waals surface area contributed by atoms with Crippen molar-refractivity contribution < 1.29 is 14.2 Å². The predicted octanol–water partition coefficient (Wildman–Crippen LogP) is 3.22. The number of ether oxygens (including phenoxy) is 3. The summed E-state index contributed by atoms with van der Waals surface area (Å²) in [5, 5.41) is 0. The molecule has 0 bridgehead atoms. The van der Waals surface area contributed by atoms with Crippen LogP contribution in [0.25, 0.3) is 0 Å². The molecule has 0 spiro atoms. The van der Waals surface area contributed by atoms with Crippen LogP contribution < -0.4 is 19.9 Å². The van der Waals surface area contributed by atoms with Crippen molar-refractivity contribution in [2.24, 2.45) is 5.73 Å². The predicted molar refractivity (Wildman–Crippen MR) is 87.9 cm³/mol. The van der Waals surface area contributed by atoms with Crippen molar-refractivity contribution in [3.05, 3.63) is 54.1 Å². The van der Waals surface area contributed by atoms with Crippen LogP contribution in [0.2, 0.25) is 0 Å². The summed E-state index contributed by atoms with van der Waals surface area (Å²) in [4.78, 5) is 0. The van der Waals surface area contributed by atoms with E-state index in [0.717, 1.165) is 29.2 Å². The Bertz CT molecular complexity index is 586. The number of methoxy groups -OCH3 is 2. The van der Waals surface area contributed by atoms with Gasteiger partial charge in [-0.1, -0.05) is 30.3 Å². The first-order valence-corrected chi connectivity index (χ1v) is 7.39. The molecule has 2 aromatic rings. The van der Waals surface area contributed by atoms with Gasteiger partial charge in [0.1, 0.15) is 5.75 Å². The normalized spacial score (nSPS) is 11.8. The van der Waals surface area contributed by atoms with Gasteiger partial charge in [0.25, 0.3) is 0 Å². The zero-order chi connectivity index (χ0) is 15.8. The quantitative estimate of drug-likeness (QED) is 0.813. The van der Waals surface area contributed by atoms with Crippen LogP contribution in [0.4, 0.5) is 0 Å². The van der Waals surface area contributed by atoms with E-state index in [4.69, 9.17) is 19.9 Å². The molecular weight excluding hydrogens is 278 g/mol. The number of benzene rings is 2. The summed E-state index contributed by atoms with van der Waals surface area (Å²) >= 11 is 0. The smallest absolute Gasteiger partial charge is 0.161 e. The van der Waals surface area contributed by atoms with E-state index >= 15 is 0 Å². The number of para-hydroxylation sites is 3. The van der Waals surface area contributed by atoms with Gasteiger partial charge in [-0.2, -0.15) is 0 Å². The summed E-state index contributed by atoms with van der Waals surface area (Å²) < 4.78 is 16.5. The lowest BCUT2D eigenvalue weighted by molar-refractivity contribution is 0.278. The lowest BCUT2D eigenvalue weighted by Gasteiger charge is -2.19. The van der Waals surface area contributed by atoms with Gasteiger partial charge in [0.05, 0.1) is 20.8 Å². The maximum absolute atomic E-state index is 5.93.